The van der Waals surface area contributed by atoms with Crippen LogP contribution in [0, 0.1) is 19.8 Å². The first-order valence-corrected chi connectivity index (χ1v) is 11.3. The van der Waals surface area contributed by atoms with Gasteiger partial charge in [0.2, 0.25) is 0 Å². The summed E-state index contributed by atoms with van der Waals surface area (Å²) >= 11 is 0. The number of hydrogen-bond acceptors (Lipinski definition) is 6. The zero-order chi connectivity index (χ0) is 21.3. The molecule has 0 saturated carbocycles. The van der Waals surface area contributed by atoms with Crippen LogP contribution in [0.25, 0.3) is 11.0 Å². The van der Waals surface area contributed by atoms with E-state index in [-0.39, 0.29) is 11.7 Å². The van der Waals surface area contributed by atoms with Gasteiger partial charge in [0, 0.05) is 23.2 Å². The lowest BCUT2D eigenvalue weighted by atomic mass is 10.1. The zero-order valence-electron chi connectivity index (χ0n) is 17.8. The van der Waals surface area contributed by atoms with Crippen molar-refractivity contribution in [2.75, 3.05) is 19.8 Å². The summed E-state index contributed by atoms with van der Waals surface area (Å²) in [5, 5.41) is 0. The van der Waals surface area contributed by atoms with E-state index in [0.29, 0.717) is 19.8 Å². The Morgan fingerprint density at radius 1 is 1.20 bits per heavy atom. The lowest BCUT2D eigenvalue weighted by Gasteiger charge is -2.34. The summed E-state index contributed by atoms with van der Waals surface area (Å²) in [5.41, 5.74) is 4.28. The monoisotopic (exact) mass is 429 g/mol. The maximum absolute atomic E-state index is 13.0. The maximum Gasteiger partial charge on any atom is 0.162 e. The number of aryl methyl sites for hydroxylation is 1. The van der Waals surface area contributed by atoms with Gasteiger partial charge in [-0.2, -0.15) is 0 Å². The van der Waals surface area contributed by atoms with Gasteiger partial charge in [-0.25, -0.2) is 13.2 Å². The summed E-state index contributed by atoms with van der Waals surface area (Å²) in [5.74, 6) is 0.706. The molecule has 0 amide bonds. The van der Waals surface area contributed by atoms with Crippen molar-refractivity contribution in [3.63, 3.8) is 0 Å². The maximum atomic E-state index is 13.0. The molecule has 0 bridgehead atoms. The smallest absolute Gasteiger partial charge is 0.162 e. The average Bonchev–Trinajstić information content (AvgIpc) is 3.15. The molecule has 3 heterocycles. The molecule has 0 aliphatic carbocycles. The Bertz CT molecular complexity index is 1070. The molecule has 30 heavy (non-hydrogen) atoms. The van der Waals surface area contributed by atoms with Gasteiger partial charge in [-0.15, -0.1) is 0 Å². The highest BCUT2D eigenvalue weighted by Gasteiger charge is 2.29. The average molecular weight is 430 g/mol. The first-order valence-electron chi connectivity index (χ1n) is 10.0. The number of para-hydroxylation sites is 2. The highest BCUT2D eigenvalue weighted by atomic mass is 32.2. The minimum atomic E-state index is -1.32. The molecule has 1 fully saturated rings. The van der Waals surface area contributed by atoms with Crippen LogP contribution < -0.4 is 4.74 Å². The SMILES string of the molecule is Cc1cnc(CS(=O)n2cnc3ccccc32)c(C)c1OCC1COC(C)(C)OC1. The van der Waals surface area contributed by atoms with Crippen molar-refractivity contribution >= 4 is 22.0 Å². The minimum absolute atomic E-state index is 0.167. The van der Waals surface area contributed by atoms with Crippen molar-refractivity contribution in [1.29, 1.82) is 0 Å². The fourth-order valence-electron chi connectivity index (χ4n) is 3.43. The number of benzene rings is 1. The molecule has 1 atom stereocenters. The molecule has 160 valence electrons. The van der Waals surface area contributed by atoms with Crippen LogP contribution in [0.1, 0.15) is 30.7 Å². The topological polar surface area (TPSA) is 75.5 Å². The molecule has 2 aromatic heterocycles. The number of fused-ring (bicyclic) bond motifs is 1. The van der Waals surface area contributed by atoms with Crippen molar-refractivity contribution < 1.29 is 18.4 Å². The second-order valence-corrected chi connectivity index (χ2v) is 9.39. The van der Waals surface area contributed by atoms with Gasteiger partial charge < -0.3 is 14.2 Å². The normalized spacial score (nSPS) is 17.9. The number of nitrogens with zero attached hydrogens (tertiary/aromatic N) is 3. The molecule has 7 nitrogen and oxygen atoms in total. The van der Waals surface area contributed by atoms with Crippen molar-refractivity contribution in [3.8, 4) is 5.75 Å². The molecule has 0 N–H and O–H groups in total. The van der Waals surface area contributed by atoms with Gasteiger partial charge in [-0.05, 0) is 39.8 Å². The number of hydrogen-bond donors (Lipinski definition) is 0. The van der Waals surface area contributed by atoms with Crippen LogP contribution in [0.5, 0.6) is 5.75 Å². The third-order valence-electron chi connectivity index (χ3n) is 5.24. The minimum Gasteiger partial charge on any atom is -0.492 e. The zero-order valence-corrected chi connectivity index (χ0v) is 18.6. The van der Waals surface area contributed by atoms with Crippen molar-refractivity contribution in [2.45, 2.75) is 39.2 Å². The van der Waals surface area contributed by atoms with Crippen molar-refractivity contribution in [1.82, 2.24) is 13.9 Å². The molecule has 3 aromatic rings. The van der Waals surface area contributed by atoms with Gasteiger partial charge in [0.25, 0.3) is 0 Å². The van der Waals surface area contributed by atoms with Crippen LogP contribution in [0.15, 0.2) is 36.8 Å². The second-order valence-electron chi connectivity index (χ2n) is 8.07. The number of imidazole rings is 1. The lowest BCUT2D eigenvalue weighted by Crippen LogP contribution is -2.41. The number of rotatable bonds is 6. The predicted molar refractivity (Wildman–Crippen MR) is 116 cm³/mol. The van der Waals surface area contributed by atoms with E-state index in [2.05, 4.69) is 9.97 Å². The molecule has 8 heteroatoms. The molecular weight excluding hydrogens is 402 g/mol. The fraction of sp³-hybridized carbons (Fsp3) is 0.455. The van der Waals surface area contributed by atoms with E-state index in [4.69, 9.17) is 14.2 Å². The number of pyridine rings is 1. The van der Waals surface area contributed by atoms with Gasteiger partial charge in [0.05, 0.1) is 42.3 Å². The van der Waals surface area contributed by atoms with Crippen LogP contribution in [-0.4, -0.2) is 43.8 Å². The van der Waals surface area contributed by atoms with E-state index in [1.165, 1.54) is 0 Å². The van der Waals surface area contributed by atoms with Crippen LogP contribution >= 0.6 is 0 Å². The van der Waals surface area contributed by atoms with Crippen LogP contribution in [0.4, 0.5) is 0 Å². The van der Waals surface area contributed by atoms with Gasteiger partial charge >= 0.3 is 0 Å². The molecule has 1 aromatic carbocycles. The summed E-state index contributed by atoms with van der Waals surface area (Å²) in [6, 6.07) is 7.66. The third kappa shape index (κ3) is 4.40. The van der Waals surface area contributed by atoms with Crippen molar-refractivity contribution in [2.24, 2.45) is 5.92 Å². The summed E-state index contributed by atoms with van der Waals surface area (Å²) in [6.45, 7) is 9.45. The van der Waals surface area contributed by atoms with Crippen LogP contribution in [0.2, 0.25) is 0 Å². The van der Waals surface area contributed by atoms with E-state index < -0.39 is 16.8 Å². The highest BCUT2D eigenvalue weighted by Crippen LogP contribution is 2.28. The Morgan fingerprint density at radius 2 is 1.93 bits per heavy atom. The Balaban J connectivity index is 1.48. The van der Waals surface area contributed by atoms with Gasteiger partial charge in [0.1, 0.15) is 23.1 Å². The fourth-order valence-corrected chi connectivity index (χ4v) is 4.62. The standard InChI is InChI=1S/C22H27N3O4S/c1-15-9-23-19(13-30(26)25-14-24-18-7-5-6-8-20(18)25)16(2)21(15)27-10-17-11-28-22(3,4)29-12-17/h5-9,14,17H,10-13H2,1-4H3. The first-order chi connectivity index (χ1) is 14.3. The Hall–Kier alpha value is -2.29. The van der Waals surface area contributed by atoms with E-state index in [1.807, 2.05) is 52.0 Å². The number of aromatic nitrogens is 3. The molecular formula is C22H27N3O4S. The van der Waals surface area contributed by atoms with Crippen LogP contribution in [0.3, 0.4) is 0 Å². The van der Waals surface area contributed by atoms with E-state index in [9.17, 15) is 4.21 Å². The number of ether oxygens (including phenoxy) is 3. The summed E-state index contributed by atoms with van der Waals surface area (Å²) < 4.78 is 32.3. The van der Waals surface area contributed by atoms with Gasteiger partial charge in [0.15, 0.2) is 5.79 Å². The lowest BCUT2D eigenvalue weighted by molar-refractivity contribution is -0.264. The molecule has 1 saturated heterocycles. The molecule has 1 unspecified atom stereocenters. The third-order valence-corrected chi connectivity index (χ3v) is 6.49. The Kier molecular flexibility index (Phi) is 5.90. The Morgan fingerprint density at radius 3 is 2.70 bits per heavy atom. The highest BCUT2D eigenvalue weighted by molar-refractivity contribution is 7.82. The quantitative estimate of drug-likeness (QED) is 0.597. The van der Waals surface area contributed by atoms with E-state index in [1.54, 1.807) is 16.5 Å². The largest absolute Gasteiger partial charge is 0.492 e. The molecule has 1 aliphatic heterocycles. The summed E-state index contributed by atoms with van der Waals surface area (Å²) in [6.07, 6.45) is 3.39. The van der Waals surface area contributed by atoms with E-state index in [0.717, 1.165) is 33.6 Å². The van der Waals surface area contributed by atoms with E-state index >= 15 is 0 Å². The van der Waals surface area contributed by atoms with Gasteiger partial charge in [-0.3, -0.25) is 4.98 Å². The predicted octanol–water partition coefficient (Wildman–Crippen LogP) is 3.54. The molecule has 0 spiro atoms. The summed E-state index contributed by atoms with van der Waals surface area (Å²) in [4.78, 5) is 8.85. The van der Waals surface area contributed by atoms with Crippen molar-refractivity contribution in [3.05, 3.63) is 53.6 Å². The van der Waals surface area contributed by atoms with Crippen LogP contribution in [-0.2, 0) is 26.2 Å². The first kappa shape index (κ1) is 21.0. The molecule has 1 aliphatic rings. The Labute approximate surface area is 179 Å². The van der Waals surface area contributed by atoms with Gasteiger partial charge in [-0.1, -0.05) is 12.1 Å². The molecule has 4 rings (SSSR count). The second kappa shape index (κ2) is 8.45. The summed E-state index contributed by atoms with van der Waals surface area (Å²) in [7, 11) is -1.32. The molecule has 0 radical (unpaired) electrons.